The van der Waals surface area contributed by atoms with Crippen LogP contribution in [0.3, 0.4) is 0 Å². The predicted octanol–water partition coefficient (Wildman–Crippen LogP) is 3.50. The van der Waals surface area contributed by atoms with Gasteiger partial charge in [-0.15, -0.1) is 0 Å². The van der Waals surface area contributed by atoms with Crippen molar-refractivity contribution in [2.24, 2.45) is 5.10 Å². The molecule has 1 amide bonds. The molecule has 3 aromatic carbocycles. The first-order valence-corrected chi connectivity index (χ1v) is 11.0. The quantitative estimate of drug-likeness (QED) is 0.393. The third-order valence-electron chi connectivity index (χ3n) is 4.04. The van der Waals surface area contributed by atoms with Crippen molar-refractivity contribution in [2.45, 2.75) is 4.90 Å². The van der Waals surface area contributed by atoms with Crippen molar-refractivity contribution in [1.29, 1.82) is 0 Å². The number of hydrogen-bond donors (Lipinski definition) is 2. The van der Waals surface area contributed by atoms with Gasteiger partial charge < -0.3 is 5.11 Å². The molecule has 3 rings (SSSR count). The molecule has 0 saturated carbocycles. The van der Waals surface area contributed by atoms with Crippen LogP contribution >= 0.6 is 15.9 Å². The fourth-order valence-electron chi connectivity index (χ4n) is 2.60. The number of benzene rings is 3. The number of para-hydroxylation sites is 1. The van der Waals surface area contributed by atoms with Crippen LogP contribution in [-0.2, 0) is 14.8 Å². The predicted molar refractivity (Wildman–Crippen MR) is 119 cm³/mol. The molecular weight excluding hydrogens is 470 g/mol. The summed E-state index contributed by atoms with van der Waals surface area (Å²) >= 11 is 3.33. The van der Waals surface area contributed by atoms with E-state index in [0.29, 0.717) is 15.7 Å². The van der Waals surface area contributed by atoms with Crippen LogP contribution in [0.1, 0.15) is 5.56 Å². The molecule has 2 N–H and O–H groups in total. The molecule has 9 heteroatoms. The van der Waals surface area contributed by atoms with Gasteiger partial charge in [0.05, 0.1) is 16.8 Å². The second-order valence-corrected chi connectivity index (χ2v) is 8.93. The first kappa shape index (κ1) is 21.5. The smallest absolute Gasteiger partial charge is 0.264 e. The zero-order valence-corrected chi connectivity index (χ0v) is 18.0. The van der Waals surface area contributed by atoms with E-state index >= 15 is 0 Å². The molecule has 0 aliphatic rings. The second-order valence-electron chi connectivity index (χ2n) is 6.16. The number of phenols is 1. The minimum absolute atomic E-state index is 0.0120. The van der Waals surface area contributed by atoms with Gasteiger partial charge in [0.2, 0.25) is 0 Å². The molecule has 154 valence electrons. The molecule has 0 aliphatic carbocycles. The van der Waals surface area contributed by atoms with E-state index < -0.39 is 22.5 Å². The number of anilines is 1. The number of nitrogens with zero attached hydrogens (tertiary/aromatic N) is 2. The highest BCUT2D eigenvalue weighted by atomic mass is 79.9. The Bertz CT molecular complexity index is 1170. The van der Waals surface area contributed by atoms with Crippen LogP contribution in [0, 0.1) is 0 Å². The first-order valence-electron chi connectivity index (χ1n) is 8.81. The van der Waals surface area contributed by atoms with Crippen LogP contribution in [0.15, 0.2) is 93.3 Å². The van der Waals surface area contributed by atoms with Crippen molar-refractivity contribution < 1.29 is 18.3 Å². The lowest BCUT2D eigenvalue weighted by molar-refractivity contribution is -0.119. The number of hydrogen-bond acceptors (Lipinski definition) is 5. The third-order valence-corrected chi connectivity index (χ3v) is 6.33. The molecule has 0 fully saturated rings. The van der Waals surface area contributed by atoms with E-state index in [0.717, 1.165) is 4.31 Å². The van der Waals surface area contributed by atoms with Crippen molar-refractivity contribution in [3.8, 4) is 5.75 Å². The number of halogens is 1. The summed E-state index contributed by atoms with van der Waals surface area (Å²) in [4.78, 5) is 12.5. The molecule has 0 unspecified atom stereocenters. The zero-order chi connectivity index (χ0) is 21.6. The maximum absolute atomic E-state index is 13.2. The summed E-state index contributed by atoms with van der Waals surface area (Å²) in [5, 5.41) is 13.5. The Hall–Kier alpha value is -3.17. The van der Waals surface area contributed by atoms with E-state index in [1.807, 2.05) is 0 Å². The average molecular weight is 488 g/mol. The van der Waals surface area contributed by atoms with Gasteiger partial charge >= 0.3 is 0 Å². The number of rotatable bonds is 7. The molecular formula is C21H18BrN3O4S. The van der Waals surface area contributed by atoms with E-state index in [4.69, 9.17) is 0 Å². The van der Waals surface area contributed by atoms with E-state index in [-0.39, 0.29) is 10.6 Å². The largest absolute Gasteiger partial charge is 0.507 e. The topological polar surface area (TPSA) is 99.1 Å². The lowest BCUT2D eigenvalue weighted by Crippen LogP contribution is -2.39. The Kier molecular flexibility index (Phi) is 6.86. The van der Waals surface area contributed by atoms with Crippen molar-refractivity contribution in [1.82, 2.24) is 5.43 Å². The van der Waals surface area contributed by atoms with E-state index in [9.17, 15) is 18.3 Å². The van der Waals surface area contributed by atoms with Crippen molar-refractivity contribution in [2.75, 3.05) is 10.8 Å². The lowest BCUT2D eigenvalue weighted by atomic mass is 10.2. The number of sulfonamides is 1. The number of carbonyl (C=O) groups excluding carboxylic acids is 1. The summed E-state index contributed by atoms with van der Waals surface area (Å²) < 4.78 is 28.0. The van der Waals surface area contributed by atoms with Crippen LogP contribution in [0.25, 0.3) is 0 Å². The fraction of sp³-hybridized carbons (Fsp3) is 0.0476. The molecule has 0 aliphatic heterocycles. The monoisotopic (exact) mass is 487 g/mol. The van der Waals surface area contributed by atoms with Crippen LogP contribution in [-0.4, -0.2) is 32.2 Å². The maximum atomic E-state index is 13.2. The van der Waals surface area contributed by atoms with Crippen LogP contribution in [0.2, 0.25) is 0 Å². The van der Waals surface area contributed by atoms with E-state index in [1.54, 1.807) is 60.7 Å². The minimum Gasteiger partial charge on any atom is -0.507 e. The van der Waals surface area contributed by atoms with Gasteiger partial charge in [-0.25, -0.2) is 13.8 Å². The first-order chi connectivity index (χ1) is 14.4. The van der Waals surface area contributed by atoms with E-state index in [1.165, 1.54) is 24.4 Å². The number of phenolic OH excluding ortho intramolecular Hbond substituents is 1. The summed E-state index contributed by atoms with van der Waals surface area (Å²) in [6.07, 6.45) is 1.28. The molecule has 3 aromatic rings. The number of aromatic hydroxyl groups is 1. The molecule has 0 aromatic heterocycles. The second kappa shape index (κ2) is 9.55. The zero-order valence-electron chi connectivity index (χ0n) is 15.6. The van der Waals surface area contributed by atoms with Crippen LogP contribution < -0.4 is 9.73 Å². The minimum atomic E-state index is -3.99. The van der Waals surface area contributed by atoms with E-state index in [2.05, 4.69) is 26.5 Å². The van der Waals surface area contributed by atoms with Gasteiger partial charge in [0.25, 0.3) is 15.9 Å². The normalized spacial score (nSPS) is 11.4. The van der Waals surface area contributed by atoms with Gasteiger partial charge in [0.15, 0.2) is 0 Å². The van der Waals surface area contributed by atoms with Gasteiger partial charge in [0.1, 0.15) is 12.3 Å². The van der Waals surface area contributed by atoms with Crippen LogP contribution in [0.4, 0.5) is 5.69 Å². The number of carbonyl (C=O) groups is 1. The van der Waals surface area contributed by atoms with Gasteiger partial charge in [-0.2, -0.15) is 5.10 Å². The molecule has 0 atom stereocenters. The molecule has 7 nitrogen and oxygen atoms in total. The SMILES string of the molecule is O=C(CN(c1cccc(Br)c1)S(=O)(=O)c1ccccc1)NN=Cc1ccccc1O. The number of amides is 1. The summed E-state index contributed by atoms with van der Waals surface area (Å²) in [5.41, 5.74) is 3.04. The summed E-state index contributed by atoms with van der Waals surface area (Å²) in [6.45, 7) is -0.480. The Morgan fingerprint density at radius 1 is 1.03 bits per heavy atom. The highest BCUT2D eigenvalue weighted by Crippen LogP contribution is 2.26. The molecule has 0 saturated heterocycles. The van der Waals surface area contributed by atoms with Crippen molar-refractivity contribution in [3.05, 3.63) is 88.9 Å². The Balaban J connectivity index is 1.84. The third kappa shape index (κ3) is 5.25. The number of hydrazone groups is 1. The summed E-state index contributed by atoms with van der Waals surface area (Å²) in [5.74, 6) is -0.626. The number of nitrogens with one attached hydrogen (secondary N) is 1. The van der Waals surface area contributed by atoms with Crippen LogP contribution in [0.5, 0.6) is 5.75 Å². The summed E-state index contributed by atoms with van der Waals surface area (Å²) in [6, 6.07) is 21.0. The Morgan fingerprint density at radius 2 is 1.73 bits per heavy atom. The molecule has 0 bridgehead atoms. The average Bonchev–Trinajstić information content (AvgIpc) is 2.74. The standard InChI is InChI=1S/C21H18BrN3O4S/c22-17-8-6-9-18(13-17)25(30(28,29)19-10-2-1-3-11-19)15-21(27)24-23-14-16-7-4-5-12-20(16)26/h1-14,26H,15H2,(H,24,27). The fourth-order valence-corrected chi connectivity index (χ4v) is 4.42. The Labute approximate surface area is 182 Å². The van der Waals surface area contributed by atoms with Crippen molar-refractivity contribution >= 4 is 43.8 Å². The van der Waals surface area contributed by atoms with Gasteiger partial charge in [-0.05, 0) is 42.5 Å². The molecule has 0 spiro atoms. The van der Waals surface area contributed by atoms with Crippen molar-refractivity contribution in [3.63, 3.8) is 0 Å². The molecule has 0 radical (unpaired) electrons. The molecule has 0 heterocycles. The molecule has 30 heavy (non-hydrogen) atoms. The Morgan fingerprint density at radius 3 is 2.43 bits per heavy atom. The van der Waals surface area contributed by atoms with Gasteiger partial charge in [-0.3, -0.25) is 9.10 Å². The highest BCUT2D eigenvalue weighted by molar-refractivity contribution is 9.10. The lowest BCUT2D eigenvalue weighted by Gasteiger charge is -2.23. The highest BCUT2D eigenvalue weighted by Gasteiger charge is 2.27. The van der Waals surface area contributed by atoms with Gasteiger partial charge in [-0.1, -0.05) is 52.3 Å². The summed E-state index contributed by atoms with van der Waals surface area (Å²) in [7, 11) is -3.99. The van der Waals surface area contributed by atoms with Gasteiger partial charge in [0, 0.05) is 10.0 Å². The maximum Gasteiger partial charge on any atom is 0.264 e.